The van der Waals surface area contributed by atoms with Crippen molar-refractivity contribution in [2.45, 2.75) is 78.6 Å². The van der Waals surface area contributed by atoms with Crippen LogP contribution >= 0.6 is 27.3 Å². The Balaban J connectivity index is 0.000000260. The van der Waals surface area contributed by atoms with Gasteiger partial charge in [-0.25, -0.2) is 14.8 Å². The molecule has 15 heteroatoms. The van der Waals surface area contributed by atoms with Gasteiger partial charge in [-0.1, -0.05) is 94.0 Å². The molecule has 6 aromatic carbocycles. The van der Waals surface area contributed by atoms with Gasteiger partial charge in [0, 0.05) is 47.1 Å². The molecule has 5 heterocycles. The number of anilines is 2. The molecule has 390 valence electrons. The predicted molar refractivity (Wildman–Crippen MR) is 299 cm³/mol. The summed E-state index contributed by atoms with van der Waals surface area (Å²) < 4.78 is 42.4. The van der Waals surface area contributed by atoms with Crippen LogP contribution in [0.5, 0.6) is 23.0 Å². The lowest BCUT2D eigenvalue weighted by atomic mass is 9.94. The van der Waals surface area contributed by atoms with Gasteiger partial charge in [-0.3, -0.25) is 10.1 Å². The summed E-state index contributed by atoms with van der Waals surface area (Å²) in [5.74, 6) is 2.93. The van der Waals surface area contributed by atoms with Gasteiger partial charge in [0.05, 0.1) is 36.6 Å². The van der Waals surface area contributed by atoms with E-state index in [9.17, 15) is 9.59 Å². The lowest BCUT2D eigenvalue weighted by Crippen LogP contribution is -2.33. The van der Waals surface area contributed by atoms with Crippen molar-refractivity contribution < 1.29 is 42.7 Å². The lowest BCUT2D eigenvalue weighted by molar-refractivity contribution is -0.0402. The van der Waals surface area contributed by atoms with Crippen molar-refractivity contribution in [3.8, 4) is 34.1 Å². The first-order valence-corrected chi connectivity index (χ1v) is 27.0. The molecule has 13 nitrogen and oxygen atoms in total. The second-order valence-electron chi connectivity index (χ2n) is 19.7. The van der Waals surface area contributed by atoms with Gasteiger partial charge in [0.15, 0.2) is 23.4 Å². The van der Waals surface area contributed by atoms with Gasteiger partial charge in [0.1, 0.15) is 34.4 Å². The van der Waals surface area contributed by atoms with Crippen molar-refractivity contribution >= 4 is 60.3 Å². The molecule has 76 heavy (non-hydrogen) atoms. The number of carbonyl (C=O) groups excluding carboxylic acids is 2. The van der Waals surface area contributed by atoms with Gasteiger partial charge in [0.2, 0.25) is 0 Å². The molecule has 11 rings (SSSR count). The highest BCUT2D eigenvalue weighted by Crippen LogP contribution is 2.37. The van der Waals surface area contributed by atoms with Gasteiger partial charge in [0.25, 0.3) is 5.91 Å². The number of aromatic nitrogens is 2. The fraction of sp³-hybridized carbons (Fsp3) is 0.279. The van der Waals surface area contributed by atoms with E-state index >= 15 is 0 Å². The predicted octanol–water partition coefficient (Wildman–Crippen LogP) is 13.6. The summed E-state index contributed by atoms with van der Waals surface area (Å²) in [5.41, 5.74) is 8.61. The normalized spacial score (nSPS) is 14.7. The molecule has 0 aliphatic carbocycles. The maximum Gasteiger partial charge on any atom is 0.358 e. The zero-order valence-electron chi connectivity index (χ0n) is 43.1. The molecule has 0 unspecified atom stereocenters. The molecule has 0 spiro atoms. The number of hydrogen-bond acceptors (Lipinski definition) is 13. The Hall–Kier alpha value is -6.98. The molecule has 2 aromatic heterocycles. The number of nitrogens with one attached hydrogen (secondary N) is 1. The van der Waals surface area contributed by atoms with E-state index in [4.69, 9.17) is 38.1 Å². The zero-order valence-corrected chi connectivity index (χ0v) is 45.5. The quantitative estimate of drug-likeness (QED) is 0.110. The van der Waals surface area contributed by atoms with E-state index in [0.717, 1.165) is 66.0 Å². The highest BCUT2D eigenvalue weighted by atomic mass is 79.9. The Morgan fingerprint density at radius 1 is 0.684 bits per heavy atom. The first-order chi connectivity index (χ1) is 36.8. The van der Waals surface area contributed by atoms with Crippen molar-refractivity contribution in [1.82, 2.24) is 9.97 Å². The molecule has 2 fully saturated rings. The number of esters is 1. The molecule has 0 radical (unpaired) electrons. The fourth-order valence-corrected chi connectivity index (χ4v) is 10.4. The van der Waals surface area contributed by atoms with Crippen LogP contribution in [-0.4, -0.2) is 73.0 Å². The zero-order chi connectivity index (χ0) is 52.8. The molecule has 0 bridgehead atoms. The van der Waals surface area contributed by atoms with Crippen molar-refractivity contribution in [2.75, 3.05) is 43.2 Å². The number of benzene rings is 6. The number of ether oxygens (including phenoxy) is 7. The lowest BCUT2D eigenvalue weighted by Gasteiger charge is -2.31. The standard InChI is InChI=1S/C44H42N4O6S.C17H17BrO3/c1-27-31(10-8-13-36(27)53-30-17-15-28(16-18-30)25-39-51-23-24-52-39)32-19-20-38(46-40(32)42(50)54-44(2,3)4)48-22-21-29-9-7-11-33(34(29)26-48)41(49)47-43-45-35-12-5-6-14-37(35)55-43;1-12-15(18)3-2-4-16(12)21-14-7-5-13(6-8-14)11-17-19-9-10-20-17/h5-20,39H,21-26H2,1-4H3,(H,45,47,49);2-8,17H,9-11H2,1H3. The van der Waals surface area contributed by atoms with E-state index in [-0.39, 0.29) is 24.2 Å². The van der Waals surface area contributed by atoms with Crippen LogP contribution in [0.15, 0.2) is 144 Å². The van der Waals surface area contributed by atoms with Crippen LogP contribution < -0.4 is 19.7 Å². The number of pyridine rings is 1. The summed E-state index contributed by atoms with van der Waals surface area (Å²) >= 11 is 4.96. The molecule has 1 amide bonds. The highest BCUT2D eigenvalue weighted by Gasteiger charge is 2.28. The third-order valence-electron chi connectivity index (χ3n) is 13.1. The maximum absolute atomic E-state index is 13.9. The van der Waals surface area contributed by atoms with Crippen molar-refractivity contribution in [2.24, 2.45) is 0 Å². The number of nitrogens with zero attached hydrogens (tertiary/aromatic N) is 3. The average Bonchev–Trinajstić information content (AvgIpc) is 4.23. The van der Waals surface area contributed by atoms with E-state index in [1.54, 1.807) is 0 Å². The number of carbonyl (C=O) groups is 2. The maximum atomic E-state index is 13.9. The van der Waals surface area contributed by atoms with Gasteiger partial charge >= 0.3 is 5.97 Å². The van der Waals surface area contributed by atoms with Crippen LogP contribution in [-0.2, 0) is 49.5 Å². The Morgan fingerprint density at radius 2 is 1.29 bits per heavy atom. The number of halogens is 1. The van der Waals surface area contributed by atoms with Crippen LogP contribution in [0.25, 0.3) is 21.3 Å². The minimum absolute atomic E-state index is 0.107. The Kier molecular flexibility index (Phi) is 16.2. The molecule has 0 atom stereocenters. The number of hydrogen-bond donors (Lipinski definition) is 1. The second kappa shape index (κ2) is 23.5. The van der Waals surface area contributed by atoms with Gasteiger partial charge < -0.3 is 38.1 Å². The number of amides is 1. The first-order valence-electron chi connectivity index (χ1n) is 25.4. The molecule has 2 saturated heterocycles. The summed E-state index contributed by atoms with van der Waals surface area (Å²) in [6.07, 6.45) is 1.84. The van der Waals surface area contributed by atoms with Crippen molar-refractivity contribution in [3.05, 3.63) is 189 Å². The van der Waals surface area contributed by atoms with Crippen LogP contribution in [0, 0.1) is 13.8 Å². The largest absolute Gasteiger partial charge is 0.457 e. The Labute approximate surface area is 455 Å². The van der Waals surface area contributed by atoms with E-state index < -0.39 is 11.6 Å². The molecule has 3 aliphatic rings. The molecular formula is C61H59BrN4O9S. The molecule has 3 aliphatic heterocycles. The first kappa shape index (κ1) is 52.5. The summed E-state index contributed by atoms with van der Waals surface area (Å²) in [6.45, 7) is 13.3. The summed E-state index contributed by atoms with van der Waals surface area (Å²) in [6, 6.07) is 45.2. The Morgan fingerprint density at radius 3 is 1.92 bits per heavy atom. The number of fused-ring (bicyclic) bond motifs is 2. The van der Waals surface area contributed by atoms with E-state index in [1.807, 2.05) is 168 Å². The molecule has 1 N–H and O–H groups in total. The van der Waals surface area contributed by atoms with Gasteiger partial charge in [-0.15, -0.1) is 0 Å². The Bertz CT molecular complexity index is 3320. The van der Waals surface area contributed by atoms with E-state index in [0.29, 0.717) is 85.9 Å². The SMILES string of the molecule is Cc1c(Br)cccc1Oc1ccc(CC2OCCO2)cc1.Cc1c(Oc2ccc(CC3OCCO3)cc2)cccc1-c1ccc(N2CCc3cccc(C(=O)Nc4nc5ccccc5s4)c3C2)nc1C(=O)OC(C)(C)C. The molecule has 8 aromatic rings. The fourth-order valence-electron chi connectivity index (χ4n) is 9.19. The minimum Gasteiger partial charge on any atom is -0.457 e. The van der Waals surface area contributed by atoms with Crippen LogP contribution in [0.2, 0.25) is 0 Å². The topological polar surface area (TPSA) is 140 Å². The summed E-state index contributed by atoms with van der Waals surface area (Å²) in [5, 5.41) is 3.57. The number of thiazole rings is 1. The van der Waals surface area contributed by atoms with Crippen LogP contribution in [0.1, 0.15) is 75.0 Å². The number of rotatable bonds is 13. The van der Waals surface area contributed by atoms with Crippen molar-refractivity contribution in [3.63, 3.8) is 0 Å². The van der Waals surface area contributed by atoms with Crippen molar-refractivity contribution in [1.29, 1.82) is 0 Å². The second-order valence-corrected chi connectivity index (χ2v) is 21.5. The average molecular weight is 1100 g/mol. The third-order valence-corrected chi connectivity index (χ3v) is 14.9. The smallest absolute Gasteiger partial charge is 0.358 e. The van der Waals surface area contributed by atoms with E-state index in [2.05, 4.69) is 37.2 Å². The summed E-state index contributed by atoms with van der Waals surface area (Å²) in [7, 11) is 0. The number of para-hydroxylation sites is 1. The van der Waals surface area contributed by atoms with Gasteiger partial charge in [-0.05, 0) is 147 Å². The van der Waals surface area contributed by atoms with E-state index in [1.165, 1.54) is 16.9 Å². The van der Waals surface area contributed by atoms with Crippen LogP contribution in [0.3, 0.4) is 0 Å². The van der Waals surface area contributed by atoms with Crippen LogP contribution in [0.4, 0.5) is 10.9 Å². The molecule has 0 saturated carbocycles. The third kappa shape index (κ3) is 12.8. The minimum atomic E-state index is -0.732. The van der Waals surface area contributed by atoms with Gasteiger partial charge in [-0.2, -0.15) is 0 Å². The monoisotopic (exact) mass is 1100 g/mol. The molecular weight excluding hydrogens is 1040 g/mol. The highest BCUT2D eigenvalue weighted by molar-refractivity contribution is 9.10. The summed E-state index contributed by atoms with van der Waals surface area (Å²) in [4.78, 5) is 39.3.